The first-order valence-electron chi connectivity index (χ1n) is 10.5. The van der Waals surface area contributed by atoms with Crippen LogP contribution in [0.25, 0.3) is 0 Å². The van der Waals surface area contributed by atoms with Crippen LogP contribution in [0.3, 0.4) is 0 Å². The molecular formula is C22H31N2O9+. The van der Waals surface area contributed by atoms with Gasteiger partial charge in [-0.25, -0.2) is 4.79 Å². The molecule has 2 rings (SSSR count). The summed E-state index contributed by atoms with van der Waals surface area (Å²) in [6.45, 7) is 4.48. The van der Waals surface area contributed by atoms with Crippen LogP contribution in [-0.4, -0.2) is 84.8 Å². The highest BCUT2D eigenvalue weighted by Gasteiger charge is 2.26. The molecule has 0 fully saturated rings. The van der Waals surface area contributed by atoms with Crippen LogP contribution in [0.15, 0.2) is 42.2 Å². The molecule has 0 aromatic heterocycles. The summed E-state index contributed by atoms with van der Waals surface area (Å²) in [7, 11) is 0. The molecule has 4 N–H and O–H groups in total. The molecule has 11 nitrogen and oxygen atoms in total. The number of hydrogen-bond donors (Lipinski definition) is 4. The molecule has 1 aromatic rings. The van der Waals surface area contributed by atoms with E-state index < -0.39 is 5.97 Å². The van der Waals surface area contributed by atoms with E-state index in [9.17, 15) is 20.3 Å². The van der Waals surface area contributed by atoms with E-state index in [1.54, 1.807) is 18.2 Å². The van der Waals surface area contributed by atoms with Gasteiger partial charge in [-0.05, 0) is 25.1 Å². The van der Waals surface area contributed by atoms with Gasteiger partial charge in [-0.2, -0.15) is 0 Å². The van der Waals surface area contributed by atoms with E-state index in [1.165, 1.54) is 18.2 Å². The summed E-state index contributed by atoms with van der Waals surface area (Å²) in [6, 6.07) is 4.36. The third-order valence-electron chi connectivity index (χ3n) is 4.36. The van der Waals surface area contributed by atoms with E-state index in [1.807, 2.05) is 12.4 Å². The largest absolute Gasteiger partial charge is 0.502 e. The number of anilines is 1. The second kappa shape index (κ2) is 14.9. The SMILES string of the molecule is CCOCCOCCOCCOC(=O)COC1=CC=C/C(=[N+](\O)c2c(O)cccc2NO)C1. The Morgan fingerprint density at radius 3 is 2.48 bits per heavy atom. The van der Waals surface area contributed by atoms with Gasteiger partial charge in [0.2, 0.25) is 5.71 Å². The van der Waals surface area contributed by atoms with Crippen molar-refractivity contribution in [3.8, 4) is 5.75 Å². The number of allylic oxidation sites excluding steroid dienone is 4. The van der Waals surface area contributed by atoms with Crippen molar-refractivity contribution in [3.05, 3.63) is 42.2 Å². The number of phenols is 1. The smallest absolute Gasteiger partial charge is 0.344 e. The number of phenolic OH excluding ortho intramolecular Hbond substituents is 1. The van der Waals surface area contributed by atoms with E-state index in [2.05, 4.69) is 0 Å². The molecule has 0 aliphatic heterocycles. The molecule has 0 bridgehead atoms. The summed E-state index contributed by atoms with van der Waals surface area (Å²) in [4.78, 5) is 11.9. The molecule has 0 unspecified atom stereocenters. The van der Waals surface area contributed by atoms with Crippen LogP contribution >= 0.6 is 0 Å². The maximum atomic E-state index is 11.9. The second-order valence-corrected chi connectivity index (χ2v) is 6.69. The van der Waals surface area contributed by atoms with Crippen molar-refractivity contribution in [2.45, 2.75) is 13.3 Å². The fraction of sp³-hybridized carbons (Fsp3) is 0.455. The molecule has 1 aliphatic carbocycles. The minimum atomic E-state index is -0.558. The Bertz CT molecular complexity index is 852. The minimum Gasteiger partial charge on any atom is -0.502 e. The summed E-state index contributed by atoms with van der Waals surface area (Å²) < 4.78 is 27.0. The number of hydrogen-bond acceptors (Lipinski definition) is 10. The fourth-order valence-electron chi connectivity index (χ4n) is 2.79. The van der Waals surface area contributed by atoms with Gasteiger partial charge in [0.1, 0.15) is 18.1 Å². The highest BCUT2D eigenvalue weighted by molar-refractivity contribution is 5.95. The maximum absolute atomic E-state index is 11.9. The molecule has 1 aromatic carbocycles. The van der Waals surface area contributed by atoms with Gasteiger partial charge in [0.25, 0.3) is 0 Å². The van der Waals surface area contributed by atoms with Gasteiger partial charge in [0.05, 0.1) is 39.5 Å². The monoisotopic (exact) mass is 467 g/mol. The van der Waals surface area contributed by atoms with Crippen LogP contribution in [-0.2, 0) is 28.5 Å². The third kappa shape index (κ3) is 9.10. The average Bonchev–Trinajstić information content (AvgIpc) is 2.83. The predicted molar refractivity (Wildman–Crippen MR) is 117 cm³/mol. The highest BCUT2D eigenvalue weighted by atomic mass is 16.6. The van der Waals surface area contributed by atoms with Crippen molar-refractivity contribution in [1.82, 2.24) is 0 Å². The van der Waals surface area contributed by atoms with Gasteiger partial charge < -0.3 is 28.8 Å². The predicted octanol–water partition coefficient (Wildman–Crippen LogP) is 2.14. The van der Waals surface area contributed by atoms with Crippen LogP contribution in [0.4, 0.5) is 11.4 Å². The lowest BCUT2D eigenvalue weighted by atomic mass is 10.1. The highest BCUT2D eigenvalue weighted by Crippen LogP contribution is 2.33. The van der Waals surface area contributed by atoms with Crippen molar-refractivity contribution >= 4 is 23.1 Å². The number of carbonyl (C=O) groups excluding carboxylic acids is 1. The van der Waals surface area contributed by atoms with Gasteiger partial charge in [-0.3, -0.25) is 15.9 Å². The summed E-state index contributed by atoms with van der Waals surface area (Å²) in [5.74, 6) is -0.382. The van der Waals surface area contributed by atoms with Crippen LogP contribution in [0, 0.1) is 0 Å². The van der Waals surface area contributed by atoms with Crippen molar-refractivity contribution in [3.63, 3.8) is 0 Å². The molecule has 1 aliphatic rings. The van der Waals surface area contributed by atoms with E-state index in [0.29, 0.717) is 44.5 Å². The Morgan fingerprint density at radius 1 is 1.09 bits per heavy atom. The van der Waals surface area contributed by atoms with Crippen molar-refractivity contribution in [2.75, 3.05) is 58.3 Å². The number of nitrogens with zero attached hydrogens (tertiary/aromatic N) is 1. The first-order valence-corrected chi connectivity index (χ1v) is 10.5. The molecule has 33 heavy (non-hydrogen) atoms. The number of nitrogens with one attached hydrogen (secondary N) is 1. The molecule has 0 spiro atoms. The van der Waals surface area contributed by atoms with E-state index in [0.717, 1.165) is 4.74 Å². The topological polar surface area (TPSA) is 139 Å². The zero-order valence-corrected chi connectivity index (χ0v) is 18.6. The van der Waals surface area contributed by atoms with Gasteiger partial charge in [-0.15, -0.1) is 0 Å². The first-order chi connectivity index (χ1) is 16.1. The number of rotatable bonds is 15. The number of para-hydroxylation sites is 1. The van der Waals surface area contributed by atoms with Crippen LogP contribution in [0.5, 0.6) is 5.75 Å². The Labute approximate surface area is 192 Å². The third-order valence-corrected chi connectivity index (χ3v) is 4.36. The van der Waals surface area contributed by atoms with Crippen LogP contribution in [0.2, 0.25) is 0 Å². The molecule has 0 atom stereocenters. The molecule has 0 saturated carbocycles. The van der Waals surface area contributed by atoms with Crippen molar-refractivity contribution < 1.29 is 48.7 Å². The van der Waals surface area contributed by atoms with E-state index >= 15 is 0 Å². The van der Waals surface area contributed by atoms with Gasteiger partial charge in [0, 0.05) is 17.4 Å². The Morgan fingerprint density at radius 2 is 1.79 bits per heavy atom. The Hall–Kier alpha value is -3.12. The average molecular weight is 467 g/mol. The minimum absolute atomic E-state index is 0.0278. The molecule has 11 heteroatoms. The van der Waals surface area contributed by atoms with Crippen LogP contribution in [0.1, 0.15) is 13.3 Å². The Kier molecular flexibility index (Phi) is 11.8. The molecule has 0 heterocycles. The number of esters is 1. The standard InChI is InChI=1S/C22H30N2O9/c1-2-29-9-10-30-11-12-31-13-14-32-21(26)16-33-18-6-3-5-17(15-18)24(28)22-19(23-27)7-4-8-20(22)25/h3-8,23,27H,2,9-16H2,1H3,(H-,25,28)/p+1/b24-17+. The maximum Gasteiger partial charge on any atom is 0.344 e. The number of carbonyl (C=O) groups is 1. The lowest BCUT2D eigenvalue weighted by Gasteiger charge is -2.12. The molecule has 0 saturated heterocycles. The number of ether oxygens (including phenoxy) is 5. The lowest BCUT2D eigenvalue weighted by Crippen LogP contribution is -2.19. The van der Waals surface area contributed by atoms with Crippen molar-refractivity contribution in [2.24, 2.45) is 0 Å². The fourth-order valence-corrected chi connectivity index (χ4v) is 2.79. The van der Waals surface area contributed by atoms with E-state index in [4.69, 9.17) is 23.7 Å². The van der Waals surface area contributed by atoms with Crippen LogP contribution < -0.4 is 5.48 Å². The second-order valence-electron chi connectivity index (χ2n) is 6.69. The Balaban J connectivity index is 1.70. The zero-order valence-electron chi connectivity index (χ0n) is 18.6. The number of benzene rings is 1. The van der Waals surface area contributed by atoms with E-state index in [-0.39, 0.29) is 43.4 Å². The quantitative estimate of drug-likeness (QED) is 0.0997. The van der Waals surface area contributed by atoms with Crippen molar-refractivity contribution in [1.29, 1.82) is 0 Å². The molecule has 0 radical (unpaired) electrons. The summed E-state index contributed by atoms with van der Waals surface area (Å²) in [5, 5.41) is 29.8. The van der Waals surface area contributed by atoms with Gasteiger partial charge >= 0.3 is 11.7 Å². The normalized spacial score (nSPS) is 14.5. The zero-order chi connectivity index (χ0) is 23.9. The summed E-state index contributed by atoms with van der Waals surface area (Å²) >= 11 is 0. The van der Waals surface area contributed by atoms with Gasteiger partial charge in [-0.1, -0.05) is 12.1 Å². The molecule has 182 valence electrons. The summed E-state index contributed by atoms with van der Waals surface area (Å²) in [6.07, 6.45) is 5.02. The van der Waals surface area contributed by atoms with Gasteiger partial charge in [0.15, 0.2) is 12.4 Å². The lowest BCUT2D eigenvalue weighted by molar-refractivity contribution is -0.712. The summed E-state index contributed by atoms with van der Waals surface area (Å²) in [5.41, 5.74) is 2.36. The molecule has 0 amide bonds. The molecular weight excluding hydrogens is 436 g/mol. The first kappa shape index (κ1) is 26.1. The number of aromatic hydroxyl groups is 1.